The highest BCUT2D eigenvalue weighted by molar-refractivity contribution is 6.02. The third kappa shape index (κ3) is 12.6. The van der Waals surface area contributed by atoms with E-state index in [2.05, 4.69) is 16.0 Å². The Morgan fingerprint density at radius 1 is 0.896 bits per heavy atom. The molecule has 0 saturated carbocycles. The van der Waals surface area contributed by atoms with E-state index in [0.717, 1.165) is 5.56 Å². The largest absolute Gasteiger partial charge is 0.595 e. The predicted molar refractivity (Wildman–Crippen MR) is 167 cm³/mol. The summed E-state index contributed by atoms with van der Waals surface area (Å²) in [6, 6.07) is 12.1. The minimum absolute atomic E-state index is 0.0198. The van der Waals surface area contributed by atoms with Crippen molar-refractivity contribution in [1.29, 1.82) is 0 Å². The second-order valence-electron chi connectivity index (χ2n) is 11.9. The summed E-state index contributed by atoms with van der Waals surface area (Å²) in [5.41, 5.74) is 0.440. The second kappa shape index (κ2) is 17.7. The molecule has 3 rings (SSSR count). The Bertz CT molecular complexity index is 1410. The third-order valence-electron chi connectivity index (χ3n) is 6.84. The topological polar surface area (TPSA) is 217 Å². The van der Waals surface area contributed by atoms with Crippen LogP contribution in [0.4, 0.5) is 15.3 Å². The van der Waals surface area contributed by atoms with E-state index in [1.165, 1.54) is 24.3 Å². The number of carbonyl (C=O) groups is 6. The number of amides is 5. The summed E-state index contributed by atoms with van der Waals surface area (Å²) in [6.07, 6.45) is -1.29. The molecular weight excluding hydrogens is 630 g/mol. The van der Waals surface area contributed by atoms with Crippen LogP contribution in [0.1, 0.15) is 64.0 Å². The van der Waals surface area contributed by atoms with Crippen LogP contribution in [-0.2, 0) is 46.5 Å². The molecule has 0 spiro atoms. The van der Waals surface area contributed by atoms with Crippen molar-refractivity contribution in [3.63, 3.8) is 0 Å². The summed E-state index contributed by atoms with van der Waals surface area (Å²) in [5, 5.41) is 27.3. The first-order valence-electron chi connectivity index (χ1n) is 15.4. The quantitative estimate of drug-likeness (QED) is 0.104. The van der Waals surface area contributed by atoms with Crippen molar-refractivity contribution < 1.29 is 53.5 Å². The molecule has 5 N–H and O–H groups in total. The molecule has 1 fully saturated rings. The van der Waals surface area contributed by atoms with Crippen LogP contribution in [0, 0.1) is 5.21 Å². The summed E-state index contributed by atoms with van der Waals surface area (Å²) in [4.78, 5) is 80.7. The Morgan fingerprint density at radius 2 is 1.54 bits per heavy atom. The lowest BCUT2D eigenvalue weighted by atomic mass is 10.0. The fraction of sp³-hybridized carbons (Fsp3) is 0.438. The summed E-state index contributed by atoms with van der Waals surface area (Å²) in [7, 11) is 0. The lowest BCUT2D eigenvalue weighted by Crippen LogP contribution is -2.99. The first-order chi connectivity index (χ1) is 22.7. The van der Waals surface area contributed by atoms with E-state index in [1.807, 2.05) is 30.3 Å². The van der Waals surface area contributed by atoms with Crippen LogP contribution in [0.5, 0.6) is 0 Å². The number of hydrogen-bond donors (Lipinski definition) is 5. The highest BCUT2D eigenvalue weighted by Crippen LogP contribution is 2.15. The number of carbonyl (C=O) groups excluding carboxylic acids is 6. The Balaban J connectivity index is 1.67. The SMILES string of the molecule is CC(C)(C)OC(=O)NC(Cc1ccc([NH+]([O-])O)cc1)C(=O)NC(CCCCNC(=O)OCc1ccccc1)C(=O)ON1C(=O)CCC1=O. The zero-order valence-electron chi connectivity index (χ0n) is 27.0. The average Bonchev–Trinajstić information content (AvgIpc) is 3.34. The molecule has 16 nitrogen and oxygen atoms in total. The van der Waals surface area contributed by atoms with Crippen molar-refractivity contribution in [1.82, 2.24) is 21.0 Å². The molecule has 0 aliphatic carbocycles. The van der Waals surface area contributed by atoms with Crippen LogP contribution < -0.4 is 21.2 Å². The van der Waals surface area contributed by atoms with E-state index in [9.17, 15) is 39.2 Å². The summed E-state index contributed by atoms with van der Waals surface area (Å²) >= 11 is 0. The number of nitrogens with one attached hydrogen (secondary N) is 4. The molecule has 1 saturated heterocycles. The molecule has 48 heavy (non-hydrogen) atoms. The minimum atomic E-state index is -1.36. The van der Waals surface area contributed by atoms with E-state index in [1.54, 1.807) is 20.8 Å². The third-order valence-corrected chi connectivity index (χ3v) is 6.84. The van der Waals surface area contributed by atoms with Gasteiger partial charge < -0.3 is 35.5 Å². The van der Waals surface area contributed by atoms with Crippen LogP contribution >= 0.6 is 0 Å². The fourth-order valence-corrected chi connectivity index (χ4v) is 4.45. The standard InChI is InChI=1S/C32H41N5O11/c1-32(2,3)47-31(43)35-25(19-21-12-14-23(15-13-21)37(44)45)28(40)34-24(29(41)48-36-26(38)16-17-27(36)39)11-7-8-18-33-30(42)46-20-22-9-5-4-6-10-22/h4-6,9-10,12-15,24-25,37,44H,7-8,11,16-20H2,1-3H3,(H,33,42)(H,34,40)(H,35,43). The molecule has 3 atom stereocenters. The van der Waals surface area contributed by atoms with Crippen LogP contribution in [0.2, 0.25) is 0 Å². The van der Waals surface area contributed by atoms with Gasteiger partial charge in [0.25, 0.3) is 11.8 Å². The van der Waals surface area contributed by atoms with Crippen molar-refractivity contribution >= 4 is 41.6 Å². The molecule has 1 heterocycles. The van der Waals surface area contributed by atoms with Crippen molar-refractivity contribution in [2.45, 2.75) is 83.6 Å². The maximum atomic E-state index is 13.6. The molecule has 2 aromatic carbocycles. The van der Waals surface area contributed by atoms with Gasteiger partial charge in [-0.1, -0.05) is 42.5 Å². The minimum Gasteiger partial charge on any atom is -0.595 e. The number of rotatable bonds is 15. The van der Waals surface area contributed by atoms with Crippen LogP contribution in [0.25, 0.3) is 0 Å². The Kier molecular flexibility index (Phi) is 13.8. The molecular formula is C32H41N5O11. The second-order valence-corrected chi connectivity index (χ2v) is 11.9. The zero-order chi connectivity index (χ0) is 35.3. The molecule has 2 aromatic rings. The van der Waals surface area contributed by atoms with E-state index in [-0.39, 0.29) is 50.9 Å². The molecule has 0 aromatic heterocycles. The van der Waals surface area contributed by atoms with E-state index in [4.69, 9.17) is 14.3 Å². The van der Waals surface area contributed by atoms with Crippen LogP contribution in [0.3, 0.4) is 0 Å². The summed E-state index contributed by atoms with van der Waals surface area (Å²) in [5.74, 6) is -3.30. The van der Waals surface area contributed by atoms with Gasteiger partial charge in [-0.2, -0.15) is 5.23 Å². The number of unbranched alkanes of at least 4 members (excludes halogenated alkanes) is 1. The number of quaternary nitrogens is 1. The fourth-order valence-electron chi connectivity index (χ4n) is 4.45. The van der Waals surface area contributed by atoms with Gasteiger partial charge in [0, 0.05) is 37.9 Å². The number of nitrogens with zero attached hydrogens (tertiary/aromatic N) is 1. The Labute approximate surface area is 277 Å². The van der Waals surface area contributed by atoms with Gasteiger partial charge in [0.2, 0.25) is 5.91 Å². The number of benzene rings is 2. The van der Waals surface area contributed by atoms with E-state index >= 15 is 0 Å². The Hall–Kier alpha value is -5.06. The molecule has 0 bridgehead atoms. The number of ether oxygens (including phenoxy) is 2. The summed E-state index contributed by atoms with van der Waals surface area (Å²) in [6.45, 7) is 5.18. The van der Waals surface area contributed by atoms with E-state index < -0.39 is 58.8 Å². The molecule has 0 radical (unpaired) electrons. The maximum absolute atomic E-state index is 13.6. The van der Waals surface area contributed by atoms with Gasteiger partial charge in [0.05, 0.1) is 0 Å². The predicted octanol–water partition coefficient (Wildman–Crippen LogP) is 1.71. The monoisotopic (exact) mass is 671 g/mol. The van der Waals surface area contributed by atoms with Crippen LogP contribution in [-0.4, -0.2) is 70.4 Å². The first kappa shape index (κ1) is 37.4. The van der Waals surface area contributed by atoms with Crippen LogP contribution in [0.15, 0.2) is 54.6 Å². The maximum Gasteiger partial charge on any atom is 0.408 e. The van der Waals surface area contributed by atoms with Gasteiger partial charge >= 0.3 is 18.2 Å². The average molecular weight is 672 g/mol. The first-order valence-corrected chi connectivity index (χ1v) is 15.4. The van der Waals surface area contributed by atoms with Crippen molar-refractivity contribution in [2.24, 2.45) is 0 Å². The van der Waals surface area contributed by atoms with Gasteiger partial charge in [-0.25, -0.2) is 19.6 Å². The lowest BCUT2D eigenvalue weighted by molar-refractivity contribution is -0.991. The molecule has 1 aliphatic rings. The van der Waals surface area contributed by atoms with Crippen molar-refractivity contribution in [2.75, 3.05) is 6.54 Å². The van der Waals surface area contributed by atoms with Gasteiger partial charge in [-0.3, -0.25) is 14.4 Å². The number of imide groups is 1. The van der Waals surface area contributed by atoms with Gasteiger partial charge in [0.15, 0.2) is 5.69 Å². The summed E-state index contributed by atoms with van der Waals surface area (Å²) < 4.78 is 10.5. The van der Waals surface area contributed by atoms with Crippen molar-refractivity contribution in [3.8, 4) is 0 Å². The normalized spacial score (nSPS) is 14.8. The number of hydrogen-bond acceptors (Lipinski definition) is 11. The van der Waals surface area contributed by atoms with Gasteiger partial charge in [-0.05, 0) is 51.2 Å². The number of hydroxylamine groups is 2. The smallest absolute Gasteiger partial charge is 0.408 e. The Morgan fingerprint density at radius 3 is 2.15 bits per heavy atom. The van der Waals surface area contributed by atoms with Gasteiger partial charge in [-0.15, -0.1) is 5.06 Å². The van der Waals surface area contributed by atoms with E-state index in [0.29, 0.717) is 17.0 Å². The van der Waals surface area contributed by atoms with Crippen molar-refractivity contribution in [3.05, 3.63) is 70.9 Å². The highest BCUT2D eigenvalue weighted by Gasteiger charge is 2.36. The number of alkyl carbamates (subject to hydrolysis) is 2. The lowest BCUT2D eigenvalue weighted by Gasteiger charge is -2.25. The molecule has 260 valence electrons. The van der Waals surface area contributed by atoms with Gasteiger partial charge in [0.1, 0.15) is 24.3 Å². The zero-order valence-corrected chi connectivity index (χ0v) is 27.0. The molecule has 16 heteroatoms. The molecule has 3 unspecified atom stereocenters. The molecule has 5 amide bonds. The highest BCUT2D eigenvalue weighted by atomic mass is 16.8. The molecule has 1 aliphatic heterocycles.